The Kier molecular flexibility index (Phi) is 2.80. The molecular weight excluding hydrogens is 170 g/mol. The van der Waals surface area contributed by atoms with Crippen LogP contribution < -0.4 is 5.32 Å². The van der Waals surface area contributed by atoms with Crippen molar-refractivity contribution in [2.24, 2.45) is 5.92 Å². The van der Waals surface area contributed by atoms with Gasteiger partial charge in [-0.3, -0.25) is 4.79 Å². The van der Waals surface area contributed by atoms with Crippen LogP contribution in [0.15, 0.2) is 0 Å². The van der Waals surface area contributed by atoms with Crippen LogP contribution in [0.2, 0.25) is 0 Å². The molecule has 1 aliphatic heterocycles. The highest BCUT2D eigenvalue weighted by molar-refractivity contribution is 5.80. The lowest BCUT2D eigenvalue weighted by Gasteiger charge is -2.22. The maximum absolute atomic E-state index is 11.2. The molecule has 1 aliphatic carbocycles. The van der Waals surface area contributed by atoms with E-state index >= 15 is 0 Å². The fraction of sp³-hybridized carbons (Fsp3) is 0.889. The summed E-state index contributed by atoms with van der Waals surface area (Å²) in [7, 11) is 0. The Balaban J connectivity index is 1.62. The van der Waals surface area contributed by atoms with E-state index in [1.165, 1.54) is 0 Å². The Morgan fingerprint density at radius 3 is 2.85 bits per heavy atom. The van der Waals surface area contributed by atoms with E-state index < -0.39 is 0 Å². The molecule has 0 bridgehead atoms. The number of amides is 1. The summed E-state index contributed by atoms with van der Waals surface area (Å²) < 4.78 is 10.6. The van der Waals surface area contributed by atoms with Crippen LogP contribution >= 0.6 is 0 Å². The number of rotatable bonds is 3. The van der Waals surface area contributed by atoms with Crippen molar-refractivity contribution in [1.82, 2.24) is 5.32 Å². The van der Waals surface area contributed by atoms with Gasteiger partial charge in [0.05, 0.1) is 25.9 Å². The third-order valence-electron chi connectivity index (χ3n) is 2.34. The van der Waals surface area contributed by atoms with E-state index in [0.717, 1.165) is 12.8 Å². The second-order valence-electron chi connectivity index (χ2n) is 3.59. The van der Waals surface area contributed by atoms with E-state index in [1.807, 2.05) is 0 Å². The topological polar surface area (TPSA) is 47.6 Å². The number of hydrogen-bond donors (Lipinski definition) is 1. The van der Waals surface area contributed by atoms with E-state index in [4.69, 9.17) is 9.47 Å². The molecule has 2 rings (SSSR count). The van der Waals surface area contributed by atoms with Crippen LogP contribution in [0.25, 0.3) is 0 Å². The monoisotopic (exact) mass is 185 g/mol. The van der Waals surface area contributed by atoms with E-state index in [-0.39, 0.29) is 17.9 Å². The molecule has 2 aliphatic rings. The molecule has 4 heteroatoms. The van der Waals surface area contributed by atoms with Crippen LogP contribution in [0.5, 0.6) is 0 Å². The lowest BCUT2D eigenvalue weighted by atomic mass is 10.3. The minimum atomic E-state index is 0.0523. The van der Waals surface area contributed by atoms with Crippen molar-refractivity contribution in [3.63, 3.8) is 0 Å². The summed E-state index contributed by atoms with van der Waals surface area (Å²) in [5.74, 6) is 0.457. The van der Waals surface area contributed by atoms with Crippen molar-refractivity contribution in [1.29, 1.82) is 0 Å². The van der Waals surface area contributed by atoms with Crippen molar-refractivity contribution in [3.8, 4) is 0 Å². The summed E-state index contributed by atoms with van der Waals surface area (Å²) in [4.78, 5) is 11.2. The van der Waals surface area contributed by atoms with Gasteiger partial charge in [-0.1, -0.05) is 0 Å². The molecule has 4 nitrogen and oxygen atoms in total. The summed E-state index contributed by atoms with van der Waals surface area (Å²) in [6.45, 7) is 2.51. The van der Waals surface area contributed by atoms with Crippen LogP contribution in [-0.2, 0) is 14.3 Å². The van der Waals surface area contributed by atoms with E-state index in [2.05, 4.69) is 5.32 Å². The van der Waals surface area contributed by atoms with Crippen LogP contribution in [0.3, 0.4) is 0 Å². The molecule has 0 aromatic rings. The number of ether oxygens (including phenoxy) is 2. The molecule has 1 unspecified atom stereocenters. The molecule has 1 atom stereocenters. The maximum Gasteiger partial charge on any atom is 0.223 e. The average Bonchev–Trinajstić information content (AvgIpc) is 2.99. The molecule has 74 valence electrons. The fourth-order valence-electron chi connectivity index (χ4n) is 1.36. The third kappa shape index (κ3) is 2.67. The lowest BCUT2D eigenvalue weighted by molar-refractivity contribution is -0.125. The first kappa shape index (κ1) is 8.97. The minimum Gasteiger partial charge on any atom is -0.376 e. The van der Waals surface area contributed by atoms with Gasteiger partial charge < -0.3 is 14.8 Å². The standard InChI is InChI=1S/C9H15NO3/c11-9(7-1-2-7)10-5-8-6-12-3-4-13-8/h7-8H,1-6H2,(H,10,11). The minimum absolute atomic E-state index is 0.0523. The molecule has 1 saturated heterocycles. The predicted molar refractivity (Wildman–Crippen MR) is 46.3 cm³/mol. The largest absolute Gasteiger partial charge is 0.376 e. The van der Waals surface area contributed by atoms with Crippen molar-refractivity contribution >= 4 is 5.91 Å². The lowest BCUT2D eigenvalue weighted by Crippen LogP contribution is -2.40. The molecule has 0 aromatic carbocycles. The number of carbonyl (C=O) groups excluding carboxylic acids is 1. The molecule has 1 saturated carbocycles. The Bertz CT molecular complexity index is 185. The first-order chi connectivity index (χ1) is 6.36. The third-order valence-corrected chi connectivity index (χ3v) is 2.34. The maximum atomic E-state index is 11.2. The molecule has 1 N–H and O–H groups in total. The SMILES string of the molecule is O=C(NCC1COCCO1)C1CC1. The van der Waals surface area contributed by atoms with Crippen molar-refractivity contribution in [3.05, 3.63) is 0 Å². The van der Waals surface area contributed by atoms with Gasteiger partial charge in [0.25, 0.3) is 0 Å². The zero-order valence-electron chi connectivity index (χ0n) is 7.62. The van der Waals surface area contributed by atoms with Crippen LogP contribution in [0.4, 0.5) is 0 Å². The highest BCUT2D eigenvalue weighted by atomic mass is 16.6. The number of hydrogen-bond acceptors (Lipinski definition) is 3. The van der Waals surface area contributed by atoms with Gasteiger partial charge in [-0.25, -0.2) is 0 Å². The highest BCUT2D eigenvalue weighted by Gasteiger charge is 2.29. The molecule has 2 fully saturated rings. The fourth-order valence-corrected chi connectivity index (χ4v) is 1.36. The van der Waals surface area contributed by atoms with Gasteiger partial charge in [0.2, 0.25) is 5.91 Å². The van der Waals surface area contributed by atoms with Gasteiger partial charge in [0, 0.05) is 12.5 Å². The molecule has 0 aromatic heterocycles. The smallest absolute Gasteiger partial charge is 0.223 e. The number of nitrogens with one attached hydrogen (secondary N) is 1. The first-order valence-corrected chi connectivity index (χ1v) is 4.83. The molecule has 1 heterocycles. The second kappa shape index (κ2) is 4.07. The van der Waals surface area contributed by atoms with E-state index in [0.29, 0.717) is 26.4 Å². The molecule has 0 radical (unpaired) electrons. The number of carbonyl (C=O) groups is 1. The Labute approximate surface area is 77.6 Å². The average molecular weight is 185 g/mol. The van der Waals surface area contributed by atoms with Crippen molar-refractivity contribution in [2.45, 2.75) is 18.9 Å². The van der Waals surface area contributed by atoms with Crippen molar-refractivity contribution < 1.29 is 14.3 Å². The second-order valence-corrected chi connectivity index (χ2v) is 3.59. The Morgan fingerprint density at radius 1 is 1.38 bits per heavy atom. The summed E-state index contributed by atoms with van der Waals surface area (Å²) in [5, 5.41) is 2.87. The van der Waals surface area contributed by atoms with Gasteiger partial charge in [-0.05, 0) is 12.8 Å². The van der Waals surface area contributed by atoms with E-state index in [1.54, 1.807) is 0 Å². The van der Waals surface area contributed by atoms with Gasteiger partial charge >= 0.3 is 0 Å². The normalized spacial score (nSPS) is 28.5. The van der Waals surface area contributed by atoms with E-state index in [9.17, 15) is 4.79 Å². The summed E-state index contributed by atoms with van der Waals surface area (Å²) >= 11 is 0. The Hall–Kier alpha value is -0.610. The molecule has 13 heavy (non-hydrogen) atoms. The Morgan fingerprint density at radius 2 is 2.23 bits per heavy atom. The predicted octanol–water partition coefficient (Wildman–Crippen LogP) is -0.0720. The van der Waals surface area contributed by atoms with Crippen LogP contribution in [0, 0.1) is 5.92 Å². The zero-order valence-corrected chi connectivity index (χ0v) is 7.62. The molecule has 0 spiro atoms. The summed E-state index contributed by atoms with van der Waals surface area (Å²) in [6, 6.07) is 0. The summed E-state index contributed by atoms with van der Waals surface area (Å²) in [6.07, 6.45) is 2.15. The van der Waals surface area contributed by atoms with Gasteiger partial charge in [0.15, 0.2) is 0 Å². The molecular formula is C9H15NO3. The quantitative estimate of drug-likeness (QED) is 0.669. The zero-order chi connectivity index (χ0) is 9.10. The van der Waals surface area contributed by atoms with Gasteiger partial charge in [-0.15, -0.1) is 0 Å². The highest BCUT2D eigenvalue weighted by Crippen LogP contribution is 2.28. The summed E-state index contributed by atoms with van der Waals surface area (Å²) in [5.41, 5.74) is 0. The van der Waals surface area contributed by atoms with Crippen molar-refractivity contribution in [2.75, 3.05) is 26.4 Å². The first-order valence-electron chi connectivity index (χ1n) is 4.83. The van der Waals surface area contributed by atoms with Gasteiger partial charge in [-0.2, -0.15) is 0 Å². The van der Waals surface area contributed by atoms with Crippen LogP contribution in [-0.4, -0.2) is 38.4 Å². The van der Waals surface area contributed by atoms with Crippen LogP contribution in [0.1, 0.15) is 12.8 Å². The molecule has 1 amide bonds. The van der Waals surface area contributed by atoms with Gasteiger partial charge in [0.1, 0.15) is 0 Å².